The monoisotopic (exact) mass is 1500 g/mol. The second kappa shape index (κ2) is 65.4. The second-order valence-corrected chi connectivity index (χ2v) is 28.4. The van der Waals surface area contributed by atoms with Crippen LogP contribution in [0.15, 0.2) is 72.4 Å². The first-order chi connectivity index (χ1) is 35.3. The van der Waals surface area contributed by atoms with Crippen molar-refractivity contribution in [2.75, 3.05) is 0 Å². The zero-order valence-corrected chi connectivity index (χ0v) is 71.2. The molecule has 0 saturated heterocycles. The minimum absolute atomic E-state index is 0. The molecule has 4 fully saturated rings. The van der Waals surface area contributed by atoms with Gasteiger partial charge in [0.25, 0.3) is 0 Å². The molecule has 8 heteroatoms. The smallest absolute Gasteiger partial charge is 0.00208 e. The summed E-state index contributed by atoms with van der Waals surface area (Å²) in [5.74, 6) is 4.72. The van der Waals surface area contributed by atoms with Gasteiger partial charge in [0.05, 0.1) is 0 Å². The van der Waals surface area contributed by atoms with Gasteiger partial charge in [-0.3, -0.25) is 24.9 Å². The van der Waals surface area contributed by atoms with Crippen molar-refractivity contribution in [3.63, 3.8) is 0 Å². The van der Waals surface area contributed by atoms with Crippen molar-refractivity contribution in [1.29, 1.82) is 0 Å². The van der Waals surface area contributed by atoms with Crippen LogP contribution in [0.1, 0.15) is 272 Å². The Morgan fingerprint density at radius 3 is 1.37 bits per heavy atom. The summed E-state index contributed by atoms with van der Waals surface area (Å²) >= 11 is 0. The van der Waals surface area contributed by atoms with E-state index in [9.17, 15) is 14.4 Å². The van der Waals surface area contributed by atoms with Gasteiger partial charge in [-0.05, 0) is 76.4 Å². The molecule has 81 heavy (non-hydrogen) atoms. The fraction of sp³-hybridized carbons (Fsp3) is 0.712. The summed E-state index contributed by atoms with van der Waals surface area (Å²) in [6.45, 7) is 54.9. The predicted octanol–water partition coefficient (Wildman–Crippen LogP) is 22.5. The van der Waals surface area contributed by atoms with Crippen LogP contribution in [0.4, 0.5) is 0 Å². The molecule has 0 bridgehead atoms. The van der Waals surface area contributed by atoms with E-state index in [1.807, 2.05) is 18.9 Å². The van der Waals surface area contributed by atoms with Gasteiger partial charge in [-0.15, -0.1) is 5.92 Å². The fourth-order valence-electron chi connectivity index (χ4n) is 7.47. The number of fused-ring (bicyclic) bond motifs is 2. The Hall–Kier alpha value is 2.45. The van der Waals surface area contributed by atoms with Crippen LogP contribution in [0.25, 0.3) is 6.08 Å². The van der Waals surface area contributed by atoms with Gasteiger partial charge in [0, 0.05) is 169 Å². The molecule has 6 unspecified atom stereocenters. The van der Waals surface area contributed by atoms with Crippen molar-refractivity contribution in [2.24, 2.45) is 69.5 Å². The van der Waals surface area contributed by atoms with E-state index in [-0.39, 0.29) is 175 Å². The van der Waals surface area contributed by atoms with Gasteiger partial charge in [0.2, 0.25) is 0 Å². The molecule has 1 aromatic rings. The zero-order chi connectivity index (χ0) is 59.2. The van der Waals surface area contributed by atoms with Crippen LogP contribution in [0.5, 0.6) is 0 Å². The van der Waals surface area contributed by atoms with E-state index >= 15 is 0 Å². The molecule has 0 heterocycles. The molecular formula is C73H126O3Y5-6. The molecule has 1 aromatic carbocycles. The summed E-state index contributed by atoms with van der Waals surface area (Å²) in [7, 11) is 0. The Morgan fingerprint density at radius 1 is 0.580 bits per heavy atom. The van der Waals surface area contributed by atoms with E-state index in [2.05, 4.69) is 226 Å². The Morgan fingerprint density at radius 2 is 1.02 bits per heavy atom. The summed E-state index contributed by atoms with van der Waals surface area (Å²) in [5.41, 5.74) is 5.91. The van der Waals surface area contributed by atoms with E-state index in [4.69, 9.17) is 6.58 Å². The zero-order valence-electron chi connectivity index (χ0n) is 57.0. The van der Waals surface area contributed by atoms with Crippen LogP contribution >= 0.6 is 0 Å². The van der Waals surface area contributed by atoms with Gasteiger partial charge in [-0.25, -0.2) is 0 Å². The van der Waals surface area contributed by atoms with Crippen LogP contribution in [0, 0.1) is 89.4 Å². The molecule has 7 aliphatic carbocycles. The molecular weight excluding hydrogens is 1370 g/mol. The van der Waals surface area contributed by atoms with Crippen molar-refractivity contribution < 1.29 is 178 Å². The molecule has 8 rings (SSSR count). The SMILES string of the molecule is C1=CC2=CCCC2C=C1.C1=Cc2ccccc2CC1.C1CCCC1.CC(C)(C)C.CC(C)(C)C.CC(C)(C)C.CC(C)C.CC(C)C.CC(C)C.O=[C-]CC1[CH-]CCC1.[CH-]=CC1CCCC1[C-]=O.[CH2-]C1CCCC1[C-]=O.[Y].[Y].[Y].[Y].[Y]. The number of hydrogen-bond acceptors (Lipinski definition) is 3. The normalized spacial score (nSPS) is 20.5. The Bertz CT molecular complexity index is 1550. The molecule has 457 valence electrons. The maximum absolute atomic E-state index is 10.2. The van der Waals surface area contributed by atoms with Gasteiger partial charge in [-0.2, -0.15) is 30.6 Å². The number of aryl methyl sites for hydroxylation is 1. The van der Waals surface area contributed by atoms with Gasteiger partial charge in [0.1, 0.15) is 0 Å². The number of rotatable bonds is 5. The topological polar surface area (TPSA) is 51.2 Å². The standard InChI is InChI=1S/C10H10.C9H10.C8H10O.2C7H10O.C5H10.3C5H12.3C4H10.5Y/c1-2-6-10-8-4-3-7-9(10)5-1;1-2-5-9-7-3-6-8(9)4-1;1-2-7-4-3-5-8(7)6-9;1-6-3-2-4-7(6)5-8;8-6-5-7-3-1-2-4-7;1-2-4-5-3-1;3*1-5(2,3)4;3*1-4(2)3;;;;;/h1-3,5-7H,4,8H2;1-2,4-6,9H,3,7H2;1-2,7-8H,3-5H2;6-7H,1-4H2;3,7H,1-2,4-5H2;1-5H2;3*1-4H3;3*4H,1-3H3;;;;;/q;;3*-2;;;;;;;;;;;;. The van der Waals surface area contributed by atoms with E-state index < -0.39 is 0 Å². The molecule has 0 aromatic heterocycles. The van der Waals surface area contributed by atoms with Crippen LogP contribution < -0.4 is 0 Å². The van der Waals surface area contributed by atoms with Crippen molar-refractivity contribution in [2.45, 2.75) is 267 Å². The number of benzene rings is 1. The Balaban J connectivity index is -0.000000101. The first kappa shape index (κ1) is 102. The van der Waals surface area contributed by atoms with Crippen LogP contribution in [-0.4, -0.2) is 18.9 Å². The summed E-state index contributed by atoms with van der Waals surface area (Å²) in [6, 6.07) is 8.58. The van der Waals surface area contributed by atoms with Gasteiger partial charge in [-0.1, -0.05) is 302 Å². The fourth-order valence-corrected chi connectivity index (χ4v) is 7.47. The first-order valence-corrected chi connectivity index (χ1v) is 30.4. The van der Waals surface area contributed by atoms with Crippen molar-refractivity contribution in [3.05, 3.63) is 103 Å². The van der Waals surface area contributed by atoms with Crippen LogP contribution in [-0.2, 0) is 184 Å². The molecule has 6 atom stereocenters. The van der Waals surface area contributed by atoms with E-state index in [1.165, 1.54) is 93.7 Å². The first-order valence-electron chi connectivity index (χ1n) is 30.4. The molecule has 0 spiro atoms. The minimum atomic E-state index is 0. The molecule has 7 aliphatic rings. The summed E-state index contributed by atoms with van der Waals surface area (Å²) in [4.78, 5) is 30.0. The van der Waals surface area contributed by atoms with E-state index in [0.717, 1.165) is 62.2 Å². The van der Waals surface area contributed by atoms with E-state index in [1.54, 1.807) is 6.08 Å². The third kappa shape index (κ3) is 86.7. The van der Waals surface area contributed by atoms with Crippen LogP contribution in [0.3, 0.4) is 0 Å². The van der Waals surface area contributed by atoms with Crippen molar-refractivity contribution in [3.8, 4) is 0 Å². The number of hydrogen-bond donors (Lipinski definition) is 0. The van der Waals surface area contributed by atoms with Crippen molar-refractivity contribution >= 4 is 24.9 Å². The summed E-state index contributed by atoms with van der Waals surface area (Å²) in [5, 5.41) is 0. The maximum Gasteiger partial charge on any atom is 0.00208 e. The largest absolute Gasteiger partial charge is 0.542 e. The summed E-state index contributed by atoms with van der Waals surface area (Å²) in [6.07, 6.45) is 48.6. The van der Waals surface area contributed by atoms with Gasteiger partial charge in [0.15, 0.2) is 0 Å². The Labute approximate surface area is 634 Å². The molecule has 0 amide bonds. The number of allylic oxidation sites excluding steroid dienone is 8. The minimum Gasteiger partial charge on any atom is -0.542 e. The third-order valence-electron chi connectivity index (χ3n) is 10.6. The predicted molar refractivity (Wildman–Crippen MR) is 342 cm³/mol. The molecule has 3 nitrogen and oxygen atoms in total. The quantitative estimate of drug-likeness (QED) is 0.276. The van der Waals surface area contributed by atoms with E-state index in [0.29, 0.717) is 40.4 Å². The maximum atomic E-state index is 10.2. The molecule has 4 saturated carbocycles. The average molecular weight is 1500 g/mol. The molecule has 0 N–H and O–H groups in total. The van der Waals surface area contributed by atoms with Crippen molar-refractivity contribution in [1.82, 2.24) is 0 Å². The summed E-state index contributed by atoms with van der Waals surface area (Å²) < 4.78 is 0. The molecule has 0 aliphatic heterocycles. The number of carbonyl (C=O) groups excluding carboxylic acids is 3. The average Bonchev–Trinajstić information content (AvgIpc) is 4.17. The third-order valence-corrected chi connectivity index (χ3v) is 10.6. The second-order valence-electron chi connectivity index (χ2n) is 28.4. The van der Waals surface area contributed by atoms with Gasteiger partial charge < -0.3 is 34.3 Å². The Kier molecular flexibility index (Phi) is 82.6. The van der Waals surface area contributed by atoms with Crippen LogP contribution in [0.2, 0.25) is 0 Å². The molecule has 5 radical (unpaired) electrons. The van der Waals surface area contributed by atoms with Gasteiger partial charge >= 0.3 is 0 Å².